The van der Waals surface area contributed by atoms with Crippen molar-refractivity contribution in [2.45, 2.75) is 50.5 Å². The molecule has 160 valence electrons. The molecule has 10 heteroatoms. The van der Waals surface area contributed by atoms with E-state index in [1.54, 1.807) is 28.6 Å². The molecule has 0 aliphatic carbocycles. The second-order valence-electron chi connectivity index (χ2n) is 7.33. The van der Waals surface area contributed by atoms with E-state index in [-0.39, 0.29) is 5.56 Å². The Morgan fingerprint density at radius 2 is 1.80 bits per heavy atom. The molecule has 3 heterocycles. The summed E-state index contributed by atoms with van der Waals surface area (Å²) in [5, 5.41) is 8.32. The molecule has 1 fully saturated rings. The fourth-order valence-electron chi connectivity index (χ4n) is 3.50. The van der Waals surface area contributed by atoms with Crippen LogP contribution in [0.3, 0.4) is 0 Å². The summed E-state index contributed by atoms with van der Waals surface area (Å²) in [5.74, 6) is 0. The average Bonchev–Trinajstić information content (AvgIpc) is 2.97. The minimum atomic E-state index is -3.46. The highest BCUT2D eigenvalue weighted by Gasteiger charge is 2.24. The van der Waals surface area contributed by atoms with Gasteiger partial charge in [0, 0.05) is 24.8 Å². The van der Waals surface area contributed by atoms with Crippen LogP contribution in [0.4, 0.5) is 5.69 Å². The van der Waals surface area contributed by atoms with E-state index in [4.69, 9.17) is 0 Å². The number of anilines is 1. The zero-order valence-corrected chi connectivity index (χ0v) is 18.5. The van der Waals surface area contributed by atoms with Crippen LogP contribution in [0.2, 0.25) is 0 Å². The van der Waals surface area contributed by atoms with E-state index in [1.165, 1.54) is 21.9 Å². The molecule has 0 atom stereocenters. The molecule has 0 radical (unpaired) electrons. The summed E-state index contributed by atoms with van der Waals surface area (Å²) in [4.78, 5) is 17.6. The van der Waals surface area contributed by atoms with E-state index in [0.717, 1.165) is 42.8 Å². The van der Waals surface area contributed by atoms with Gasteiger partial charge in [-0.05, 0) is 43.5 Å². The fourth-order valence-corrected chi connectivity index (χ4v) is 5.87. The van der Waals surface area contributed by atoms with Crippen molar-refractivity contribution in [1.29, 1.82) is 0 Å². The zero-order valence-electron chi connectivity index (χ0n) is 16.9. The quantitative estimate of drug-likeness (QED) is 0.624. The smallest absolute Gasteiger partial charge is 0.275 e. The molecule has 1 N–H and O–H groups in total. The van der Waals surface area contributed by atoms with E-state index in [0.29, 0.717) is 35.2 Å². The Balaban J connectivity index is 1.46. The number of nitrogens with one attached hydrogen (secondary N) is 1. The standard InChI is InChI=1S/C20H25N5O3S2/c1-2-18-23-25-19(26)13-16(22-20(25)29-18)14-21-15-7-9-17(10-8-15)30(27,28)24-11-5-3-4-6-12-24/h7-10,13,21H,2-6,11-12,14H2,1H3. The number of benzene rings is 1. The van der Waals surface area contributed by atoms with E-state index in [9.17, 15) is 13.2 Å². The molecule has 8 nitrogen and oxygen atoms in total. The Labute approximate surface area is 179 Å². The predicted octanol–water partition coefficient (Wildman–Crippen LogP) is 2.89. The van der Waals surface area contributed by atoms with Crippen LogP contribution >= 0.6 is 11.3 Å². The van der Waals surface area contributed by atoms with Crippen LogP contribution in [0.1, 0.15) is 43.3 Å². The van der Waals surface area contributed by atoms with Gasteiger partial charge in [0.2, 0.25) is 15.0 Å². The normalized spacial score (nSPS) is 15.9. The molecule has 0 spiro atoms. The molecule has 0 unspecified atom stereocenters. The first kappa shape index (κ1) is 21.0. The maximum absolute atomic E-state index is 12.9. The molecule has 1 aromatic carbocycles. The van der Waals surface area contributed by atoms with Gasteiger partial charge in [0.1, 0.15) is 5.01 Å². The molecule has 2 aromatic heterocycles. The third kappa shape index (κ3) is 4.40. The van der Waals surface area contributed by atoms with Crippen LogP contribution in [0.25, 0.3) is 4.96 Å². The minimum Gasteiger partial charge on any atom is -0.379 e. The first-order chi connectivity index (χ1) is 14.5. The molecule has 4 rings (SSSR count). The van der Waals surface area contributed by atoms with Crippen molar-refractivity contribution in [3.63, 3.8) is 0 Å². The lowest BCUT2D eigenvalue weighted by Crippen LogP contribution is -2.31. The maximum atomic E-state index is 12.9. The molecule has 1 saturated heterocycles. The predicted molar refractivity (Wildman–Crippen MR) is 118 cm³/mol. The highest BCUT2D eigenvalue weighted by atomic mass is 32.2. The highest BCUT2D eigenvalue weighted by molar-refractivity contribution is 7.89. The van der Waals surface area contributed by atoms with Gasteiger partial charge in [-0.1, -0.05) is 31.1 Å². The Morgan fingerprint density at radius 3 is 2.47 bits per heavy atom. The molecule has 0 amide bonds. The molecule has 0 bridgehead atoms. The first-order valence-corrected chi connectivity index (χ1v) is 12.5. The highest BCUT2D eigenvalue weighted by Crippen LogP contribution is 2.22. The Kier molecular flexibility index (Phi) is 6.16. The maximum Gasteiger partial charge on any atom is 0.275 e. The minimum absolute atomic E-state index is 0.202. The third-order valence-corrected chi connectivity index (χ3v) is 8.14. The summed E-state index contributed by atoms with van der Waals surface area (Å²) in [7, 11) is -3.46. The Hall–Kier alpha value is -2.30. The summed E-state index contributed by atoms with van der Waals surface area (Å²) in [5.41, 5.74) is 1.18. The Morgan fingerprint density at radius 1 is 1.10 bits per heavy atom. The molecular weight excluding hydrogens is 422 g/mol. The average molecular weight is 448 g/mol. The molecule has 3 aromatic rings. The van der Waals surface area contributed by atoms with E-state index < -0.39 is 10.0 Å². The van der Waals surface area contributed by atoms with Crippen LogP contribution in [0.5, 0.6) is 0 Å². The third-order valence-electron chi connectivity index (χ3n) is 5.17. The van der Waals surface area contributed by atoms with Crippen LogP contribution in [-0.4, -0.2) is 40.4 Å². The number of hydrogen-bond acceptors (Lipinski definition) is 7. The van der Waals surface area contributed by atoms with E-state index in [2.05, 4.69) is 15.4 Å². The van der Waals surface area contributed by atoms with Gasteiger partial charge in [-0.15, -0.1) is 0 Å². The van der Waals surface area contributed by atoms with Crippen LogP contribution in [0, 0.1) is 0 Å². The molecule has 1 aliphatic rings. The van der Waals surface area contributed by atoms with E-state index in [1.807, 2.05) is 6.92 Å². The van der Waals surface area contributed by atoms with Crippen LogP contribution in [-0.2, 0) is 23.0 Å². The van der Waals surface area contributed by atoms with Gasteiger partial charge in [0.25, 0.3) is 5.56 Å². The fraction of sp³-hybridized carbons (Fsp3) is 0.450. The summed E-state index contributed by atoms with van der Waals surface area (Å²) < 4.78 is 28.7. The lowest BCUT2D eigenvalue weighted by molar-refractivity contribution is 0.424. The topological polar surface area (TPSA) is 96.7 Å². The zero-order chi connectivity index (χ0) is 21.1. The summed E-state index contributed by atoms with van der Waals surface area (Å²) in [6, 6.07) is 8.23. The van der Waals surface area contributed by atoms with Gasteiger partial charge in [-0.2, -0.15) is 13.9 Å². The number of aryl methyl sites for hydroxylation is 1. The SMILES string of the molecule is CCc1nn2c(=O)cc(CNc3ccc(S(=O)(=O)N4CCCCCC4)cc3)nc2s1. The van der Waals surface area contributed by atoms with Crippen molar-refractivity contribution in [1.82, 2.24) is 18.9 Å². The van der Waals surface area contributed by atoms with Crippen molar-refractivity contribution >= 4 is 32.0 Å². The number of nitrogens with zero attached hydrogens (tertiary/aromatic N) is 4. The lowest BCUT2D eigenvalue weighted by Gasteiger charge is -2.20. The monoisotopic (exact) mass is 447 g/mol. The lowest BCUT2D eigenvalue weighted by atomic mass is 10.2. The largest absolute Gasteiger partial charge is 0.379 e. The summed E-state index contributed by atoms with van der Waals surface area (Å²) in [6.45, 7) is 3.53. The number of rotatable bonds is 6. The van der Waals surface area contributed by atoms with Gasteiger partial charge in [-0.3, -0.25) is 4.79 Å². The Bertz CT molecular complexity index is 1180. The van der Waals surface area contributed by atoms with Gasteiger partial charge < -0.3 is 5.32 Å². The van der Waals surface area contributed by atoms with Crippen molar-refractivity contribution in [3.05, 3.63) is 51.4 Å². The summed E-state index contributed by atoms with van der Waals surface area (Å²) in [6.07, 6.45) is 4.75. The van der Waals surface area contributed by atoms with Crippen LogP contribution < -0.4 is 10.9 Å². The van der Waals surface area contributed by atoms with Crippen molar-refractivity contribution in [3.8, 4) is 0 Å². The second-order valence-corrected chi connectivity index (χ2v) is 10.3. The van der Waals surface area contributed by atoms with Gasteiger partial charge in [-0.25, -0.2) is 13.4 Å². The van der Waals surface area contributed by atoms with Crippen molar-refractivity contribution in [2.24, 2.45) is 0 Å². The van der Waals surface area contributed by atoms with Gasteiger partial charge in [0.05, 0.1) is 17.1 Å². The molecule has 30 heavy (non-hydrogen) atoms. The van der Waals surface area contributed by atoms with E-state index >= 15 is 0 Å². The van der Waals surface area contributed by atoms with Gasteiger partial charge in [0.15, 0.2) is 0 Å². The summed E-state index contributed by atoms with van der Waals surface area (Å²) >= 11 is 1.41. The second kappa shape index (κ2) is 8.83. The molecule has 0 saturated carbocycles. The number of sulfonamides is 1. The van der Waals surface area contributed by atoms with Crippen molar-refractivity contribution < 1.29 is 8.42 Å². The van der Waals surface area contributed by atoms with Gasteiger partial charge >= 0.3 is 0 Å². The number of fused-ring (bicyclic) bond motifs is 1. The molecule has 1 aliphatic heterocycles. The van der Waals surface area contributed by atoms with Crippen molar-refractivity contribution in [2.75, 3.05) is 18.4 Å². The van der Waals surface area contributed by atoms with Crippen LogP contribution in [0.15, 0.2) is 40.0 Å². The number of aromatic nitrogens is 3. The molecular formula is C20H25N5O3S2. The number of hydrogen-bond donors (Lipinski definition) is 1. The first-order valence-electron chi connectivity index (χ1n) is 10.2.